The van der Waals surface area contributed by atoms with Gasteiger partial charge >= 0.3 is 5.97 Å². The van der Waals surface area contributed by atoms with E-state index in [1.165, 1.54) is 17.7 Å². The maximum atomic E-state index is 13.8. The molecule has 4 aliphatic rings. The minimum Gasteiger partial charge on any atom is -0.480 e. The molecule has 4 fully saturated rings. The standard InChI is InChI=1S/C32H36F2N8O5/c1-20-32(18-45-19-32)46-13-12-41(20)24-14-21(6-5-11-40-9-2-3-10-40)16-36-29(24)47-22-15-25(30(43)44)42(17-22)31-38-27(23-7-4-8-35-23)37-28(39-31)26(33)34/h4,7-8,14,16,20,22,25-26,35H,2-3,9-13,15,17-19H2,1H3,(H,43,44)/t20-,22-,25-/m0/s1. The van der Waals surface area contributed by atoms with Gasteiger partial charge in [-0.05, 0) is 51.1 Å². The summed E-state index contributed by atoms with van der Waals surface area (Å²) < 4.78 is 45.8. The van der Waals surface area contributed by atoms with E-state index in [2.05, 4.69) is 53.5 Å². The van der Waals surface area contributed by atoms with Crippen molar-refractivity contribution in [1.82, 2.24) is 29.8 Å². The van der Waals surface area contributed by atoms with Gasteiger partial charge in [0.1, 0.15) is 23.4 Å². The number of aromatic nitrogens is 5. The molecule has 15 heteroatoms. The van der Waals surface area contributed by atoms with Gasteiger partial charge in [-0.25, -0.2) is 23.5 Å². The fraction of sp³-hybridized carbons (Fsp3) is 0.531. The first-order valence-corrected chi connectivity index (χ1v) is 15.8. The molecule has 4 saturated heterocycles. The number of aromatic amines is 1. The molecule has 0 unspecified atom stereocenters. The van der Waals surface area contributed by atoms with Crippen molar-refractivity contribution < 1.29 is 32.9 Å². The molecule has 7 rings (SSSR count). The number of nitrogens with one attached hydrogen (secondary N) is 1. The average molecular weight is 651 g/mol. The van der Waals surface area contributed by atoms with Gasteiger partial charge in [0.05, 0.1) is 44.6 Å². The lowest BCUT2D eigenvalue weighted by Crippen LogP contribution is -2.68. The Morgan fingerprint density at radius 1 is 1.21 bits per heavy atom. The van der Waals surface area contributed by atoms with Crippen LogP contribution >= 0.6 is 0 Å². The fourth-order valence-corrected chi connectivity index (χ4v) is 6.59. The molecule has 3 aromatic heterocycles. The number of morpholine rings is 1. The zero-order valence-corrected chi connectivity index (χ0v) is 25.9. The van der Waals surface area contributed by atoms with Gasteiger partial charge in [0.25, 0.3) is 6.43 Å². The Hall–Kier alpha value is -4.39. The monoisotopic (exact) mass is 650 g/mol. The number of H-pyrrole nitrogens is 1. The number of halogens is 2. The number of carboxylic acids is 1. The molecule has 0 saturated carbocycles. The summed E-state index contributed by atoms with van der Waals surface area (Å²) in [6.07, 6.45) is 2.07. The molecule has 47 heavy (non-hydrogen) atoms. The number of pyridine rings is 1. The van der Waals surface area contributed by atoms with Gasteiger partial charge in [0.2, 0.25) is 17.7 Å². The lowest BCUT2D eigenvalue weighted by Gasteiger charge is -2.53. The van der Waals surface area contributed by atoms with Crippen molar-refractivity contribution >= 4 is 17.6 Å². The highest BCUT2D eigenvalue weighted by atomic mass is 19.3. The van der Waals surface area contributed by atoms with Crippen molar-refractivity contribution in [3.05, 3.63) is 42.0 Å². The molecule has 7 heterocycles. The number of hydrogen-bond acceptors (Lipinski definition) is 11. The molecule has 3 atom stereocenters. The van der Waals surface area contributed by atoms with E-state index in [1.54, 1.807) is 24.5 Å². The molecule has 0 bridgehead atoms. The Bertz CT molecular complexity index is 1650. The van der Waals surface area contributed by atoms with Crippen LogP contribution in [0.1, 0.15) is 44.0 Å². The topological polar surface area (TPSA) is 142 Å². The number of hydrogen-bond donors (Lipinski definition) is 2. The van der Waals surface area contributed by atoms with Crippen LogP contribution < -0.4 is 14.5 Å². The quantitative estimate of drug-likeness (QED) is 0.346. The second-order valence-electron chi connectivity index (χ2n) is 12.3. The highest BCUT2D eigenvalue weighted by Gasteiger charge is 2.50. The van der Waals surface area contributed by atoms with E-state index >= 15 is 0 Å². The third-order valence-corrected chi connectivity index (χ3v) is 9.28. The predicted octanol–water partition coefficient (Wildman–Crippen LogP) is 2.75. The average Bonchev–Trinajstić information content (AvgIpc) is 3.84. The number of alkyl halides is 2. The Balaban J connectivity index is 1.18. The largest absolute Gasteiger partial charge is 0.480 e. The van der Waals surface area contributed by atoms with E-state index in [4.69, 9.17) is 14.2 Å². The van der Waals surface area contributed by atoms with Gasteiger partial charge < -0.3 is 34.1 Å². The number of ether oxygens (including phenoxy) is 3. The minimum absolute atomic E-state index is 0.00982. The first-order valence-electron chi connectivity index (χ1n) is 15.8. The summed E-state index contributed by atoms with van der Waals surface area (Å²) in [6.45, 7) is 6.95. The molecule has 4 aliphatic heterocycles. The van der Waals surface area contributed by atoms with E-state index in [-0.39, 0.29) is 30.8 Å². The first kappa shape index (κ1) is 31.2. The summed E-state index contributed by atoms with van der Waals surface area (Å²) in [7, 11) is 0. The van der Waals surface area contributed by atoms with Crippen LogP contribution in [0.25, 0.3) is 11.5 Å². The second-order valence-corrected chi connectivity index (χ2v) is 12.3. The van der Waals surface area contributed by atoms with Gasteiger partial charge in [-0.2, -0.15) is 9.97 Å². The van der Waals surface area contributed by atoms with Gasteiger partial charge in [-0.1, -0.05) is 11.8 Å². The van der Waals surface area contributed by atoms with Crippen LogP contribution in [-0.4, -0.2) is 117 Å². The molecular formula is C32H36F2N8O5. The van der Waals surface area contributed by atoms with Crippen LogP contribution in [0.4, 0.5) is 20.4 Å². The molecule has 0 aromatic carbocycles. The molecule has 3 aromatic rings. The number of anilines is 2. The maximum absolute atomic E-state index is 13.8. The number of nitrogens with zero attached hydrogens (tertiary/aromatic N) is 7. The van der Waals surface area contributed by atoms with Crippen molar-refractivity contribution in [2.75, 3.05) is 62.3 Å². The third kappa shape index (κ3) is 6.32. The Morgan fingerprint density at radius 2 is 2.04 bits per heavy atom. The summed E-state index contributed by atoms with van der Waals surface area (Å²) >= 11 is 0. The smallest absolute Gasteiger partial charge is 0.326 e. The lowest BCUT2D eigenvalue weighted by molar-refractivity contribution is -0.228. The normalized spacial score (nSPS) is 24.0. The van der Waals surface area contributed by atoms with Crippen LogP contribution in [0.3, 0.4) is 0 Å². The van der Waals surface area contributed by atoms with E-state index in [1.807, 2.05) is 6.07 Å². The molecule has 0 amide bonds. The Morgan fingerprint density at radius 3 is 2.74 bits per heavy atom. The van der Waals surface area contributed by atoms with Crippen LogP contribution in [-0.2, 0) is 14.3 Å². The summed E-state index contributed by atoms with van der Waals surface area (Å²) in [5, 5.41) is 10.2. The van der Waals surface area contributed by atoms with Gasteiger partial charge in [0.15, 0.2) is 5.82 Å². The highest BCUT2D eigenvalue weighted by molar-refractivity contribution is 5.78. The number of rotatable bonds is 8. The van der Waals surface area contributed by atoms with Crippen molar-refractivity contribution in [3.8, 4) is 29.2 Å². The number of likely N-dealkylation sites (tertiary alicyclic amines) is 1. The number of carbonyl (C=O) groups is 1. The van der Waals surface area contributed by atoms with Crippen LogP contribution in [0.15, 0.2) is 30.6 Å². The Kier molecular flexibility index (Phi) is 8.65. The molecule has 0 aliphatic carbocycles. The van der Waals surface area contributed by atoms with Gasteiger partial charge in [-0.3, -0.25) is 4.90 Å². The van der Waals surface area contributed by atoms with Gasteiger partial charge in [-0.15, -0.1) is 0 Å². The van der Waals surface area contributed by atoms with Crippen molar-refractivity contribution in [2.45, 2.75) is 56.4 Å². The van der Waals surface area contributed by atoms with E-state index < -0.39 is 36.0 Å². The van der Waals surface area contributed by atoms with Crippen LogP contribution in [0.2, 0.25) is 0 Å². The molecule has 248 valence electrons. The van der Waals surface area contributed by atoms with E-state index in [0.717, 1.165) is 24.3 Å². The third-order valence-electron chi connectivity index (χ3n) is 9.28. The summed E-state index contributed by atoms with van der Waals surface area (Å²) in [5.74, 6) is 4.78. The molecule has 0 radical (unpaired) electrons. The molecular weight excluding hydrogens is 614 g/mol. The van der Waals surface area contributed by atoms with Crippen molar-refractivity contribution in [2.24, 2.45) is 0 Å². The Labute approximate surface area is 270 Å². The van der Waals surface area contributed by atoms with Crippen LogP contribution in [0, 0.1) is 11.8 Å². The number of aliphatic carboxylic acids is 1. The minimum atomic E-state index is -2.98. The highest BCUT2D eigenvalue weighted by Crippen LogP contribution is 2.39. The fourth-order valence-electron chi connectivity index (χ4n) is 6.59. The molecule has 1 spiro atoms. The summed E-state index contributed by atoms with van der Waals surface area (Å²) in [4.78, 5) is 38.1. The van der Waals surface area contributed by atoms with Gasteiger partial charge in [0, 0.05) is 30.9 Å². The zero-order valence-electron chi connectivity index (χ0n) is 25.9. The first-order chi connectivity index (χ1) is 22.8. The molecule has 13 nitrogen and oxygen atoms in total. The van der Waals surface area contributed by atoms with E-state index in [0.29, 0.717) is 44.5 Å². The van der Waals surface area contributed by atoms with Crippen molar-refractivity contribution in [1.29, 1.82) is 0 Å². The van der Waals surface area contributed by atoms with E-state index in [9.17, 15) is 18.7 Å². The van der Waals surface area contributed by atoms with Crippen molar-refractivity contribution in [3.63, 3.8) is 0 Å². The van der Waals surface area contributed by atoms with Crippen LogP contribution in [0.5, 0.6) is 5.88 Å². The SMILES string of the molecule is C[C@@H]1N(c2cc(C#CCN3CCCC3)cnc2O[C@H]2C[C@@H](C(=O)O)N(c3nc(-c4ccc[nH]4)nc(C(F)F)n3)C2)CCOC12COC2. The maximum Gasteiger partial charge on any atom is 0.326 e. The summed E-state index contributed by atoms with van der Waals surface area (Å²) in [6, 6.07) is 4.10. The zero-order chi connectivity index (χ0) is 32.5. The predicted molar refractivity (Wildman–Crippen MR) is 165 cm³/mol. The second kappa shape index (κ2) is 13.0. The number of carboxylic acid groups (broad SMARTS) is 1. The lowest BCUT2D eigenvalue weighted by atomic mass is 9.90. The molecule has 2 N–H and O–H groups in total. The summed E-state index contributed by atoms with van der Waals surface area (Å²) in [5.41, 5.74) is 1.42.